The summed E-state index contributed by atoms with van der Waals surface area (Å²) < 4.78 is 24.5. The molecule has 0 spiro atoms. The molecule has 0 bridgehead atoms. The van der Waals surface area contributed by atoms with Crippen molar-refractivity contribution in [2.24, 2.45) is 0 Å². The van der Waals surface area contributed by atoms with E-state index in [0.717, 1.165) is 5.82 Å². The van der Waals surface area contributed by atoms with Crippen LogP contribution in [0.25, 0.3) is 0 Å². The van der Waals surface area contributed by atoms with Crippen LogP contribution in [0.15, 0.2) is 12.4 Å². The standard InChI is InChI=1S/C7H13N3O3S/c11-5-6-14(12,13)10-2-1-7-8-3-4-9-7/h3-4,10-11H,1-2,5-6H2,(H,8,9). The van der Waals surface area contributed by atoms with E-state index < -0.39 is 10.0 Å². The predicted molar refractivity (Wildman–Crippen MR) is 51.2 cm³/mol. The molecule has 7 heteroatoms. The number of aliphatic hydroxyl groups excluding tert-OH is 1. The molecule has 3 N–H and O–H groups in total. The van der Waals surface area contributed by atoms with Crippen LogP contribution in [0.1, 0.15) is 5.82 Å². The fourth-order valence-corrected chi connectivity index (χ4v) is 1.75. The molecule has 0 atom stereocenters. The molecule has 80 valence electrons. The number of aromatic amines is 1. The molecular weight excluding hydrogens is 206 g/mol. The molecule has 1 rings (SSSR count). The highest BCUT2D eigenvalue weighted by molar-refractivity contribution is 7.89. The molecule has 0 saturated heterocycles. The fourth-order valence-electron chi connectivity index (χ4n) is 0.952. The Labute approximate surface area is 82.4 Å². The Balaban J connectivity index is 2.28. The molecule has 0 aliphatic rings. The van der Waals surface area contributed by atoms with Crippen LogP contribution in [-0.2, 0) is 16.4 Å². The van der Waals surface area contributed by atoms with Crippen molar-refractivity contribution in [2.45, 2.75) is 6.42 Å². The summed E-state index contributed by atoms with van der Waals surface area (Å²) in [6.07, 6.45) is 3.80. The summed E-state index contributed by atoms with van der Waals surface area (Å²) in [6, 6.07) is 0. The number of sulfonamides is 1. The number of aromatic nitrogens is 2. The summed E-state index contributed by atoms with van der Waals surface area (Å²) in [7, 11) is -3.33. The predicted octanol–water partition coefficient (Wildman–Crippen LogP) is -1.14. The van der Waals surface area contributed by atoms with Crippen molar-refractivity contribution in [2.75, 3.05) is 18.9 Å². The topological polar surface area (TPSA) is 95.1 Å². The number of imidazole rings is 1. The van der Waals surface area contributed by atoms with E-state index in [-0.39, 0.29) is 18.9 Å². The molecule has 0 saturated carbocycles. The first-order chi connectivity index (χ1) is 6.64. The van der Waals surface area contributed by atoms with Crippen molar-refractivity contribution in [1.29, 1.82) is 0 Å². The van der Waals surface area contributed by atoms with Crippen LogP contribution in [0.2, 0.25) is 0 Å². The third-order valence-corrected chi connectivity index (χ3v) is 2.96. The van der Waals surface area contributed by atoms with Gasteiger partial charge in [-0.05, 0) is 0 Å². The fraction of sp³-hybridized carbons (Fsp3) is 0.571. The summed E-state index contributed by atoms with van der Waals surface area (Å²) in [4.78, 5) is 6.80. The Kier molecular flexibility index (Phi) is 4.05. The molecule has 14 heavy (non-hydrogen) atoms. The molecule has 1 heterocycles. The molecule has 0 aliphatic carbocycles. The third kappa shape index (κ3) is 3.86. The maximum atomic E-state index is 11.1. The van der Waals surface area contributed by atoms with Gasteiger partial charge < -0.3 is 10.1 Å². The SMILES string of the molecule is O=S(=O)(CCO)NCCc1ncc[nH]1. The first-order valence-electron chi connectivity index (χ1n) is 4.20. The van der Waals surface area contributed by atoms with Gasteiger partial charge >= 0.3 is 0 Å². The quantitative estimate of drug-likeness (QED) is 0.564. The van der Waals surface area contributed by atoms with Gasteiger partial charge in [0.05, 0.1) is 12.4 Å². The van der Waals surface area contributed by atoms with Crippen LogP contribution >= 0.6 is 0 Å². The summed E-state index contributed by atoms with van der Waals surface area (Å²) in [5.41, 5.74) is 0. The van der Waals surface area contributed by atoms with E-state index >= 15 is 0 Å². The van der Waals surface area contributed by atoms with Crippen LogP contribution in [0, 0.1) is 0 Å². The minimum Gasteiger partial charge on any atom is -0.395 e. The first kappa shape index (κ1) is 11.2. The highest BCUT2D eigenvalue weighted by Crippen LogP contribution is 1.90. The van der Waals surface area contributed by atoms with E-state index in [1.54, 1.807) is 12.4 Å². The van der Waals surface area contributed by atoms with Crippen LogP contribution in [0.5, 0.6) is 0 Å². The van der Waals surface area contributed by atoms with Crippen LogP contribution in [0.3, 0.4) is 0 Å². The van der Waals surface area contributed by atoms with E-state index in [0.29, 0.717) is 6.42 Å². The van der Waals surface area contributed by atoms with Gasteiger partial charge in [0, 0.05) is 25.4 Å². The number of nitrogens with one attached hydrogen (secondary N) is 2. The summed E-state index contributed by atoms with van der Waals surface area (Å²) >= 11 is 0. The van der Waals surface area contributed by atoms with E-state index in [9.17, 15) is 8.42 Å². The molecule has 1 aromatic heterocycles. The van der Waals surface area contributed by atoms with Crippen LogP contribution in [0.4, 0.5) is 0 Å². The zero-order valence-electron chi connectivity index (χ0n) is 7.60. The number of rotatable bonds is 6. The molecule has 0 unspecified atom stereocenters. The van der Waals surface area contributed by atoms with Crippen molar-refractivity contribution >= 4 is 10.0 Å². The van der Waals surface area contributed by atoms with Gasteiger partial charge in [0.15, 0.2) is 0 Å². The number of nitrogens with zero attached hydrogens (tertiary/aromatic N) is 1. The first-order valence-corrected chi connectivity index (χ1v) is 5.86. The number of aliphatic hydroxyl groups is 1. The maximum Gasteiger partial charge on any atom is 0.213 e. The largest absolute Gasteiger partial charge is 0.395 e. The van der Waals surface area contributed by atoms with Gasteiger partial charge in [-0.3, -0.25) is 0 Å². The monoisotopic (exact) mass is 219 g/mol. The second-order valence-electron chi connectivity index (χ2n) is 2.72. The molecule has 6 nitrogen and oxygen atoms in total. The van der Waals surface area contributed by atoms with Crippen molar-refractivity contribution in [1.82, 2.24) is 14.7 Å². The summed E-state index contributed by atoms with van der Waals surface area (Å²) in [5.74, 6) is 0.474. The lowest BCUT2D eigenvalue weighted by Gasteiger charge is -2.03. The molecular formula is C7H13N3O3S. The Bertz CT molecular complexity index is 346. The molecule has 0 aliphatic heterocycles. The van der Waals surface area contributed by atoms with Crippen LogP contribution < -0.4 is 4.72 Å². The molecule has 0 radical (unpaired) electrons. The van der Waals surface area contributed by atoms with Crippen molar-refractivity contribution in [3.63, 3.8) is 0 Å². The normalized spacial score (nSPS) is 11.8. The highest BCUT2D eigenvalue weighted by atomic mass is 32.2. The second-order valence-corrected chi connectivity index (χ2v) is 4.65. The highest BCUT2D eigenvalue weighted by Gasteiger charge is 2.07. The molecule has 0 fully saturated rings. The van der Waals surface area contributed by atoms with E-state index in [1.807, 2.05) is 0 Å². The van der Waals surface area contributed by atoms with Gasteiger partial charge in [-0.25, -0.2) is 18.1 Å². The van der Waals surface area contributed by atoms with Gasteiger partial charge in [-0.15, -0.1) is 0 Å². The summed E-state index contributed by atoms with van der Waals surface area (Å²) in [6.45, 7) is -0.0774. The van der Waals surface area contributed by atoms with E-state index in [1.165, 1.54) is 0 Å². The number of hydrogen-bond acceptors (Lipinski definition) is 4. The van der Waals surface area contributed by atoms with E-state index in [2.05, 4.69) is 14.7 Å². The van der Waals surface area contributed by atoms with E-state index in [4.69, 9.17) is 5.11 Å². The second kappa shape index (κ2) is 5.08. The lowest BCUT2D eigenvalue weighted by atomic mass is 10.4. The number of hydrogen-bond donors (Lipinski definition) is 3. The van der Waals surface area contributed by atoms with Crippen molar-refractivity contribution in [3.05, 3.63) is 18.2 Å². The molecule has 0 amide bonds. The van der Waals surface area contributed by atoms with Crippen molar-refractivity contribution in [3.8, 4) is 0 Å². The zero-order valence-corrected chi connectivity index (χ0v) is 8.42. The van der Waals surface area contributed by atoms with Gasteiger partial charge in [0.1, 0.15) is 5.82 Å². The van der Waals surface area contributed by atoms with Gasteiger partial charge in [0.25, 0.3) is 0 Å². The molecule has 1 aromatic rings. The zero-order chi connectivity index (χ0) is 10.4. The summed E-state index contributed by atoms with van der Waals surface area (Å²) in [5, 5.41) is 8.45. The van der Waals surface area contributed by atoms with Gasteiger partial charge in [-0.1, -0.05) is 0 Å². The minimum absolute atomic E-state index is 0.259. The maximum absolute atomic E-state index is 11.1. The third-order valence-electron chi connectivity index (χ3n) is 1.60. The smallest absolute Gasteiger partial charge is 0.213 e. The minimum atomic E-state index is -3.33. The van der Waals surface area contributed by atoms with Gasteiger partial charge in [-0.2, -0.15) is 0 Å². The van der Waals surface area contributed by atoms with Crippen molar-refractivity contribution < 1.29 is 13.5 Å². The molecule has 0 aromatic carbocycles. The van der Waals surface area contributed by atoms with Gasteiger partial charge in [0.2, 0.25) is 10.0 Å². The number of H-pyrrole nitrogens is 1. The lowest BCUT2D eigenvalue weighted by molar-refractivity contribution is 0.319. The average Bonchev–Trinajstić information content (AvgIpc) is 2.56. The Morgan fingerprint density at radius 1 is 1.57 bits per heavy atom. The Hall–Kier alpha value is -0.920. The average molecular weight is 219 g/mol. The Morgan fingerprint density at radius 3 is 2.93 bits per heavy atom. The lowest BCUT2D eigenvalue weighted by Crippen LogP contribution is -2.29. The Morgan fingerprint density at radius 2 is 2.36 bits per heavy atom. The van der Waals surface area contributed by atoms with Crippen LogP contribution in [-0.4, -0.2) is 42.4 Å².